The molecule has 0 bridgehead atoms. The van der Waals surface area contributed by atoms with Crippen LogP contribution < -0.4 is 15.0 Å². The Morgan fingerprint density at radius 1 is 0.909 bits per heavy atom. The Balaban J connectivity index is 2.06. The fourth-order valence-electron chi connectivity index (χ4n) is 3.11. The molecule has 0 saturated heterocycles. The van der Waals surface area contributed by atoms with E-state index in [4.69, 9.17) is 12.2 Å². The molecule has 33 heavy (non-hydrogen) atoms. The largest absolute Gasteiger partial charge is 0.867 e. The molecule has 8 heteroatoms. The van der Waals surface area contributed by atoms with Crippen molar-refractivity contribution >= 4 is 34.3 Å². The van der Waals surface area contributed by atoms with Crippen LogP contribution in [0, 0.1) is 5.82 Å². The molecule has 1 N–H and O–H groups in total. The summed E-state index contributed by atoms with van der Waals surface area (Å²) in [7, 11) is 0. The zero-order valence-corrected chi connectivity index (χ0v) is 19.0. The van der Waals surface area contributed by atoms with Crippen LogP contribution in [0.2, 0.25) is 0 Å². The lowest BCUT2D eigenvalue weighted by Gasteiger charge is -2.20. The molecule has 0 aliphatic rings. The van der Waals surface area contributed by atoms with E-state index in [1.54, 1.807) is 12.4 Å². The molecular formula is C25H22F4N2OS. The summed E-state index contributed by atoms with van der Waals surface area (Å²) in [5, 5.41) is 16.0. The SMILES string of the molecule is CC(C)(C)c1cc[n+](C(C(=S)Nc2cccc(C(F)(F)F)c2)=C([O-])c2ccc(F)cc2)cc1. The first kappa shape index (κ1) is 24.4. The quantitative estimate of drug-likeness (QED) is 0.177. The Morgan fingerprint density at radius 3 is 2.06 bits per heavy atom. The van der Waals surface area contributed by atoms with Crippen LogP contribution in [0.1, 0.15) is 37.5 Å². The summed E-state index contributed by atoms with van der Waals surface area (Å²) in [5.41, 5.74) is 0.345. The fraction of sp³-hybridized carbons (Fsp3) is 0.200. The maximum absolute atomic E-state index is 13.4. The highest BCUT2D eigenvalue weighted by Gasteiger charge is 2.30. The number of anilines is 1. The Bertz CT molecular complexity index is 1180. The minimum atomic E-state index is -4.52. The molecule has 0 saturated carbocycles. The van der Waals surface area contributed by atoms with Crippen LogP contribution in [0.5, 0.6) is 0 Å². The van der Waals surface area contributed by atoms with Gasteiger partial charge in [-0.25, -0.2) is 4.39 Å². The molecule has 3 rings (SSSR count). The molecule has 0 spiro atoms. The summed E-state index contributed by atoms with van der Waals surface area (Å²) in [6.45, 7) is 6.13. The summed E-state index contributed by atoms with van der Waals surface area (Å²) in [4.78, 5) is -0.0721. The lowest BCUT2D eigenvalue weighted by Crippen LogP contribution is -2.40. The third-order valence-electron chi connectivity index (χ3n) is 4.94. The van der Waals surface area contributed by atoms with Crippen molar-refractivity contribution < 1.29 is 27.2 Å². The number of hydrogen-bond donors (Lipinski definition) is 1. The van der Waals surface area contributed by atoms with Crippen LogP contribution in [0.4, 0.5) is 23.2 Å². The lowest BCUT2D eigenvalue weighted by atomic mass is 9.88. The highest BCUT2D eigenvalue weighted by atomic mass is 32.1. The number of rotatable bonds is 4. The van der Waals surface area contributed by atoms with E-state index in [9.17, 15) is 22.7 Å². The summed E-state index contributed by atoms with van der Waals surface area (Å²) in [6.07, 6.45) is -1.19. The maximum atomic E-state index is 13.4. The Hall–Kier alpha value is -3.26. The summed E-state index contributed by atoms with van der Waals surface area (Å²) < 4.78 is 54.1. The van der Waals surface area contributed by atoms with Gasteiger partial charge in [0.25, 0.3) is 0 Å². The van der Waals surface area contributed by atoms with Gasteiger partial charge in [0.15, 0.2) is 17.4 Å². The van der Waals surface area contributed by atoms with Gasteiger partial charge < -0.3 is 10.4 Å². The Labute approximate surface area is 195 Å². The Morgan fingerprint density at radius 2 is 1.52 bits per heavy atom. The van der Waals surface area contributed by atoms with E-state index >= 15 is 0 Å². The standard InChI is InChI=1S/C25H22F4N2OS/c1-24(2,3)17-11-13-31(14-12-17)21(22(32)16-7-9-19(26)10-8-16)23(33)30-20-6-4-5-18(15-20)25(27,28)29/h4-15H,1-3H3,(H-,30,32,33). The van der Waals surface area contributed by atoms with Gasteiger partial charge in [0.05, 0.1) is 5.56 Å². The second-order valence-corrected chi connectivity index (χ2v) is 8.87. The van der Waals surface area contributed by atoms with Crippen molar-refractivity contribution in [2.45, 2.75) is 32.4 Å². The predicted molar refractivity (Wildman–Crippen MR) is 123 cm³/mol. The molecule has 0 fully saturated rings. The van der Waals surface area contributed by atoms with E-state index in [2.05, 4.69) is 5.32 Å². The van der Waals surface area contributed by atoms with Crippen LogP contribution in [0.3, 0.4) is 0 Å². The smallest absolute Gasteiger partial charge is 0.416 e. The molecule has 0 aliphatic carbocycles. The van der Waals surface area contributed by atoms with Gasteiger partial charge in [0, 0.05) is 17.8 Å². The zero-order valence-electron chi connectivity index (χ0n) is 18.2. The van der Waals surface area contributed by atoms with Gasteiger partial charge in [-0.1, -0.05) is 51.2 Å². The first-order valence-electron chi connectivity index (χ1n) is 10.0. The number of hydrogen-bond acceptors (Lipinski definition) is 2. The summed E-state index contributed by atoms with van der Waals surface area (Å²) in [5.74, 6) is -1.01. The molecule has 0 aliphatic heterocycles. The predicted octanol–water partition coefficient (Wildman–Crippen LogP) is 5.56. The van der Waals surface area contributed by atoms with Gasteiger partial charge in [0.1, 0.15) is 5.82 Å². The molecule has 172 valence electrons. The minimum Gasteiger partial charge on any atom is -0.867 e. The monoisotopic (exact) mass is 474 g/mol. The number of thiocarbonyl (C=S) groups is 1. The van der Waals surface area contributed by atoms with Gasteiger partial charge in [-0.2, -0.15) is 17.7 Å². The first-order valence-corrected chi connectivity index (χ1v) is 10.4. The zero-order chi connectivity index (χ0) is 24.4. The number of alkyl halides is 3. The van der Waals surface area contributed by atoms with E-state index in [1.807, 2.05) is 32.9 Å². The highest BCUT2D eigenvalue weighted by Crippen LogP contribution is 2.31. The van der Waals surface area contributed by atoms with E-state index in [0.29, 0.717) is 0 Å². The minimum absolute atomic E-state index is 0.0227. The number of halogens is 4. The molecule has 0 radical (unpaired) electrons. The number of aromatic nitrogens is 1. The van der Waals surface area contributed by atoms with Crippen LogP contribution >= 0.6 is 12.2 Å². The maximum Gasteiger partial charge on any atom is 0.416 e. The molecule has 0 unspecified atom stereocenters. The third-order valence-corrected chi connectivity index (χ3v) is 5.23. The molecular weight excluding hydrogens is 452 g/mol. The van der Waals surface area contributed by atoms with Crippen molar-refractivity contribution in [2.75, 3.05) is 5.32 Å². The molecule has 0 amide bonds. The van der Waals surface area contributed by atoms with Crippen molar-refractivity contribution in [3.8, 4) is 0 Å². The van der Waals surface area contributed by atoms with Crippen LogP contribution in [0.15, 0.2) is 73.1 Å². The summed E-state index contributed by atoms with van der Waals surface area (Å²) >= 11 is 5.44. The van der Waals surface area contributed by atoms with Gasteiger partial charge in [-0.15, -0.1) is 0 Å². The topological polar surface area (TPSA) is 39.0 Å². The number of nitrogens with zero attached hydrogens (tertiary/aromatic N) is 1. The van der Waals surface area contributed by atoms with Crippen molar-refractivity contribution in [1.82, 2.24) is 0 Å². The lowest BCUT2D eigenvalue weighted by molar-refractivity contribution is -0.577. The van der Waals surface area contributed by atoms with Gasteiger partial charge in [-0.3, -0.25) is 0 Å². The van der Waals surface area contributed by atoms with Crippen molar-refractivity contribution in [3.63, 3.8) is 0 Å². The third kappa shape index (κ3) is 5.96. The molecule has 3 aromatic rings. The van der Waals surface area contributed by atoms with E-state index in [-0.39, 0.29) is 27.4 Å². The van der Waals surface area contributed by atoms with E-state index < -0.39 is 23.3 Å². The molecule has 0 atom stereocenters. The van der Waals surface area contributed by atoms with Crippen molar-refractivity contribution in [1.29, 1.82) is 0 Å². The normalized spacial score (nSPS) is 12.8. The summed E-state index contributed by atoms with van der Waals surface area (Å²) in [6, 6.07) is 13.2. The fourth-order valence-corrected chi connectivity index (χ4v) is 3.43. The first-order chi connectivity index (χ1) is 15.4. The van der Waals surface area contributed by atoms with Crippen LogP contribution in [-0.2, 0) is 11.6 Å². The van der Waals surface area contributed by atoms with Crippen LogP contribution in [0.25, 0.3) is 11.5 Å². The molecule has 1 heterocycles. The average Bonchev–Trinajstić information content (AvgIpc) is 2.73. The van der Waals surface area contributed by atoms with E-state index in [1.165, 1.54) is 28.8 Å². The van der Waals surface area contributed by atoms with Crippen molar-refractivity contribution in [2.24, 2.45) is 0 Å². The second kappa shape index (κ2) is 9.31. The van der Waals surface area contributed by atoms with Gasteiger partial charge >= 0.3 is 6.18 Å². The average molecular weight is 475 g/mol. The van der Waals surface area contributed by atoms with Gasteiger partial charge in [0.2, 0.25) is 5.70 Å². The second-order valence-electron chi connectivity index (χ2n) is 8.46. The number of nitrogens with one attached hydrogen (secondary N) is 1. The number of benzene rings is 2. The van der Waals surface area contributed by atoms with Crippen LogP contribution in [-0.4, -0.2) is 4.99 Å². The molecule has 3 nitrogen and oxygen atoms in total. The molecule has 2 aromatic carbocycles. The molecule has 1 aromatic heterocycles. The Kier molecular flexibility index (Phi) is 6.88. The van der Waals surface area contributed by atoms with Crippen molar-refractivity contribution in [3.05, 3.63) is 95.6 Å². The van der Waals surface area contributed by atoms with Gasteiger partial charge in [-0.05, 0) is 52.6 Å². The number of pyridine rings is 1. The van der Waals surface area contributed by atoms with E-state index in [0.717, 1.165) is 29.8 Å². The highest BCUT2D eigenvalue weighted by molar-refractivity contribution is 7.81.